The zero-order valence-corrected chi connectivity index (χ0v) is 16.0. The smallest absolute Gasteiger partial charge is 0.323 e. The first-order chi connectivity index (χ1) is 10.6. The standard InChI is InChI=1S/C16H30N2O4Si/c1-7-11-12(19)13(22-23(5,6)16(2,3)4)14(21-11)18-10-8-9-17-15(18)20/h8,10-14,19H,7,9H2,1-6H3,(H,17,20)/t11-,12?,13+,14-/m1/s1. The Hall–Kier alpha value is -0.893. The minimum absolute atomic E-state index is 0.0154. The molecule has 0 saturated carbocycles. The van der Waals surface area contributed by atoms with Crippen molar-refractivity contribution in [2.45, 2.75) is 76.8 Å². The molecule has 2 rings (SSSR count). The van der Waals surface area contributed by atoms with Crippen molar-refractivity contribution in [3.05, 3.63) is 12.3 Å². The molecule has 1 fully saturated rings. The Morgan fingerprint density at radius 2 is 2.13 bits per heavy atom. The Balaban J connectivity index is 2.27. The number of hydrogen-bond acceptors (Lipinski definition) is 4. The summed E-state index contributed by atoms with van der Waals surface area (Å²) in [5.41, 5.74) is 0. The van der Waals surface area contributed by atoms with E-state index in [1.54, 1.807) is 6.20 Å². The van der Waals surface area contributed by atoms with Gasteiger partial charge < -0.3 is 19.6 Å². The second-order valence-corrected chi connectivity index (χ2v) is 12.5. The summed E-state index contributed by atoms with van der Waals surface area (Å²) < 4.78 is 12.4. The molecule has 0 spiro atoms. The average molecular weight is 343 g/mol. The molecule has 2 N–H and O–H groups in total. The normalized spacial score (nSPS) is 32.3. The number of aliphatic hydroxyl groups is 1. The predicted molar refractivity (Wildman–Crippen MR) is 91.4 cm³/mol. The average Bonchev–Trinajstić information content (AvgIpc) is 2.75. The summed E-state index contributed by atoms with van der Waals surface area (Å²) in [6.07, 6.45) is 2.07. The van der Waals surface area contributed by atoms with E-state index in [2.05, 4.69) is 39.2 Å². The third-order valence-corrected chi connectivity index (χ3v) is 9.57. The number of urea groups is 1. The molecule has 1 unspecified atom stereocenters. The fourth-order valence-corrected chi connectivity index (χ4v) is 3.89. The van der Waals surface area contributed by atoms with E-state index in [0.717, 1.165) is 0 Å². The highest BCUT2D eigenvalue weighted by atomic mass is 28.4. The van der Waals surface area contributed by atoms with Crippen LogP contribution in [0.4, 0.5) is 4.79 Å². The zero-order chi connectivity index (χ0) is 17.4. The van der Waals surface area contributed by atoms with Gasteiger partial charge in [-0.3, -0.25) is 4.90 Å². The Bertz CT molecular complexity index is 475. The van der Waals surface area contributed by atoms with Crippen LogP contribution in [0, 0.1) is 0 Å². The number of ether oxygens (including phenoxy) is 1. The second kappa shape index (κ2) is 6.55. The highest BCUT2D eigenvalue weighted by Gasteiger charge is 2.51. The number of carbonyl (C=O) groups excluding carboxylic acids is 1. The molecule has 7 heteroatoms. The maximum absolute atomic E-state index is 12.1. The fraction of sp³-hybridized carbons (Fsp3) is 0.812. The first-order valence-corrected chi connectivity index (χ1v) is 11.2. The number of carbonyl (C=O) groups is 1. The molecule has 0 bridgehead atoms. The van der Waals surface area contributed by atoms with E-state index in [-0.39, 0.29) is 17.2 Å². The van der Waals surface area contributed by atoms with Gasteiger partial charge in [0.1, 0.15) is 12.2 Å². The van der Waals surface area contributed by atoms with Gasteiger partial charge in [-0.05, 0) is 30.6 Å². The van der Waals surface area contributed by atoms with Crippen LogP contribution in [-0.4, -0.2) is 55.4 Å². The molecule has 2 aliphatic rings. The van der Waals surface area contributed by atoms with Gasteiger partial charge in [-0.2, -0.15) is 0 Å². The quantitative estimate of drug-likeness (QED) is 0.770. The van der Waals surface area contributed by atoms with Gasteiger partial charge in [-0.1, -0.05) is 27.7 Å². The summed E-state index contributed by atoms with van der Waals surface area (Å²) in [6, 6.07) is -0.217. The van der Waals surface area contributed by atoms with Gasteiger partial charge in [-0.25, -0.2) is 4.79 Å². The molecule has 132 valence electrons. The maximum atomic E-state index is 12.1. The summed E-state index contributed by atoms with van der Waals surface area (Å²) in [6.45, 7) is 13.2. The first-order valence-electron chi connectivity index (χ1n) is 8.32. The van der Waals surface area contributed by atoms with Crippen LogP contribution in [-0.2, 0) is 9.16 Å². The van der Waals surface area contributed by atoms with Crippen LogP contribution in [0.5, 0.6) is 0 Å². The SMILES string of the molecule is CC[C@H]1O[C@@H](N2C=CCNC2=O)[C@@H](O[Si](C)(C)C(C)(C)C)C1O. The van der Waals surface area contributed by atoms with Crippen molar-refractivity contribution in [2.24, 2.45) is 0 Å². The van der Waals surface area contributed by atoms with Crippen LogP contribution in [0.1, 0.15) is 34.1 Å². The fourth-order valence-electron chi connectivity index (χ4n) is 2.60. The molecular formula is C16H30N2O4Si. The van der Waals surface area contributed by atoms with Crippen molar-refractivity contribution in [1.29, 1.82) is 0 Å². The van der Waals surface area contributed by atoms with E-state index in [9.17, 15) is 9.90 Å². The molecule has 0 aromatic carbocycles. The molecule has 0 aromatic heterocycles. The highest BCUT2D eigenvalue weighted by molar-refractivity contribution is 6.74. The number of nitrogens with one attached hydrogen (secondary N) is 1. The van der Waals surface area contributed by atoms with Gasteiger partial charge in [-0.15, -0.1) is 0 Å². The van der Waals surface area contributed by atoms with Crippen molar-refractivity contribution in [3.63, 3.8) is 0 Å². The number of nitrogens with zero attached hydrogens (tertiary/aromatic N) is 1. The third-order valence-electron chi connectivity index (χ3n) is 5.10. The van der Waals surface area contributed by atoms with Gasteiger partial charge >= 0.3 is 6.03 Å². The first kappa shape index (κ1) is 18.4. The van der Waals surface area contributed by atoms with E-state index < -0.39 is 26.8 Å². The Morgan fingerprint density at radius 3 is 2.65 bits per heavy atom. The summed E-state index contributed by atoms with van der Waals surface area (Å²) in [5, 5.41) is 13.4. The summed E-state index contributed by atoms with van der Waals surface area (Å²) >= 11 is 0. The number of aliphatic hydroxyl groups excluding tert-OH is 1. The van der Waals surface area contributed by atoms with E-state index >= 15 is 0 Å². The molecule has 0 aromatic rings. The van der Waals surface area contributed by atoms with Gasteiger partial charge in [0.2, 0.25) is 0 Å². The topological polar surface area (TPSA) is 71.0 Å². The molecule has 1 saturated heterocycles. The molecule has 2 aliphatic heterocycles. The van der Waals surface area contributed by atoms with Crippen LogP contribution in [0.15, 0.2) is 12.3 Å². The lowest BCUT2D eigenvalue weighted by Gasteiger charge is -2.41. The Morgan fingerprint density at radius 1 is 1.48 bits per heavy atom. The van der Waals surface area contributed by atoms with Crippen molar-refractivity contribution in [3.8, 4) is 0 Å². The van der Waals surface area contributed by atoms with Crippen LogP contribution in [0.25, 0.3) is 0 Å². The zero-order valence-electron chi connectivity index (χ0n) is 15.0. The number of rotatable bonds is 4. The molecular weight excluding hydrogens is 312 g/mol. The Kier molecular flexibility index (Phi) is 5.25. The summed E-state index contributed by atoms with van der Waals surface area (Å²) in [7, 11) is -2.10. The Labute approximate surface area is 140 Å². The minimum atomic E-state index is -2.10. The molecule has 0 radical (unpaired) electrons. The third kappa shape index (κ3) is 3.62. The largest absolute Gasteiger partial charge is 0.407 e. The monoisotopic (exact) mass is 342 g/mol. The lowest BCUT2D eigenvalue weighted by atomic mass is 10.1. The van der Waals surface area contributed by atoms with Crippen LogP contribution < -0.4 is 5.32 Å². The summed E-state index contributed by atoms with van der Waals surface area (Å²) in [5.74, 6) is 0. The van der Waals surface area contributed by atoms with Gasteiger partial charge in [0.15, 0.2) is 14.5 Å². The summed E-state index contributed by atoms with van der Waals surface area (Å²) in [4.78, 5) is 13.6. The predicted octanol–water partition coefficient (Wildman–Crippen LogP) is 2.41. The van der Waals surface area contributed by atoms with Crippen LogP contribution in [0.3, 0.4) is 0 Å². The van der Waals surface area contributed by atoms with Gasteiger partial charge in [0.05, 0.1) is 6.10 Å². The van der Waals surface area contributed by atoms with Crippen molar-refractivity contribution < 1.29 is 19.1 Å². The molecule has 0 aliphatic carbocycles. The molecule has 2 amide bonds. The van der Waals surface area contributed by atoms with Gasteiger partial charge in [0, 0.05) is 12.7 Å². The van der Waals surface area contributed by atoms with Gasteiger partial charge in [0.25, 0.3) is 0 Å². The van der Waals surface area contributed by atoms with E-state index in [4.69, 9.17) is 9.16 Å². The van der Waals surface area contributed by atoms with E-state index in [1.165, 1.54) is 4.90 Å². The molecule has 4 atom stereocenters. The van der Waals surface area contributed by atoms with E-state index in [0.29, 0.717) is 13.0 Å². The lowest BCUT2D eigenvalue weighted by Crippen LogP contribution is -2.55. The van der Waals surface area contributed by atoms with Crippen molar-refractivity contribution in [1.82, 2.24) is 10.2 Å². The highest BCUT2D eigenvalue weighted by Crippen LogP contribution is 2.40. The van der Waals surface area contributed by atoms with Crippen molar-refractivity contribution >= 4 is 14.3 Å². The minimum Gasteiger partial charge on any atom is -0.407 e. The lowest BCUT2D eigenvalue weighted by molar-refractivity contribution is -0.0510. The number of amides is 2. The maximum Gasteiger partial charge on any atom is 0.323 e. The van der Waals surface area contributed by atoms with Crippen LogP contribution in [0.2, 0.25) is 18.1 Å². The molecule has 2 heterocycles. The molecule has 6 nitrogen and oxygen atoms in total. The molecule has 23 heavy (non-hydrogen) atoms. The van der Waals surface area contributed by atoms with Crippen molar-refractivity contribution in [2.75, 3.05) is 6.54 Å². The van der Waals surface area contributed by atoms with E-state index in [1.807, 2.05) is 13.0 Å². The second-order valence-electron chi connectivity index (χ2n) is 7.78. The number of hydrogen-bond donors (Lipinski definition) is 2. The van der Waals surface area contributed by atoms with Crippen LogP contribution >= 0.6 is 0 Å².